The summed E-state index contributed by atoms with van der Waals surface area (Å²) in [5.41, 5.74) is 0. The molecule has 0 aliphatic heterocycles. The molecular weight excluding hydrogens is 247 g/mol. The van der Waals surface area contributed by atoms with Gasteiger partial charge in [-0.05, 0) is 0 Å². The summed E-state index contributed by atoms with van der Waals surface area (Å²) < 4.78 is 12.2. The molecule has 17 heavy (non-hydrogen) atoms. The lowest BCUT2D eigenvalue weighted by molar-refractivity contribution is -0.137. The largest absolute Gasteiger partial charge is 0.513 e. The SMILES string of the molecule is C=C(O)CCP(=O)(CCC(=O)O)CCC(=O)O. The third kappa shape index (κ3) is 8.51. The standard InChI is InChI=1S/C10H17O6P/c1-8(11)2-5-17(16,6-3-9(12)13)7-4-10(14)15/h11H,1-7H2,(H,12,13)(H,14,15). The van der Waals surface area contributed by atoms with Gasteiger partial charge in [0.1, 0.15) is 0 Å². The Kier molecular flexibility index (Phi) is 6.58. The van der Waals surface area contributed by atoms with Gasteiger partial charge in [0.15, 0.2) is 0 Å². The van der Waals surface area contributed by atoms with E-state index in [4.69, 9.17) is 15.3 Å². The molecule has 0 bridgehead atoms. The number of allylic oxidation sites excluding steroid dienone is 1. The second-order valence-electron chi connectivity index (χ2n) is 3.83. The van der Waals surface area contributed by atoms with Crippen LogP contribution >= 0.6 is 7.14 Å². The maximum absolute atomic E-state index is 12.2. The molecule has 0 spiro atoms. The lowest BCUT2D eigenvalue weighted by Crippen LogP contribution is -2.08. The van der Waals surface area contributed by atoms with Gasteiger partial charge in [0.25, 0.3) is 0 Å². The number of aliphatic carboxylic acids is 2. The van der Waals surface area contributed by atoms with E-state index >= 15 is 0 Å². The summed E-state index contributed by atoms with van der Waals surface area (Å²) in [4.78, 5) is 20.8. The van der Waals surface area contributed by atoms with Gasteiger partial charge >= 0.3 is 11.9 Å². The predicted octanol–water partition coefficient (Wildman–Crippen LogP) is 1.76. The lowest BCUT2D eigenvalue weighted by Gasteiger charge is -2.16. The molecule has 3 N–H and O–H groups in total. The van der Waals surface area contributed by atoms with Crippen molar-refractivity contribution < 1.29 is 29.5 Å². The van der Waals surface area contributed by atoms with E-state index < -0.39 is 19.1 Å². The Morgan fingerprint density at radius 3 is 1.53 bits per heavy atom. The van der Waals surface area contributed by atoms with E-state index in [0.29, 0.717) is 0 Å². The summed E-state index contributed by atoms with van der Waals surface area (Å²) in [6, 6.07) is 0. The predicted molar refractivity (Wildman–Crippen MR) is 63.1 cm³/mol. The molecule has 6 nitrogen and oxygen atoms in total. The van der Waals surface area contributed by atoms with Crippen LogP contribution in [0.15, 0.2) is 12.3 Å². The van der Waals surface area contributed by atoms with E-state index in [1.165, 1.54) is 0 Å². The van der Waals surface area contributed by atoms with Crippen LogP contribution in [-0.2, 0) is 14.2 Å². The van der Waals surface area contributed by atoms with E-state index in [0.717, 1.165) is 0 Å². The zero-order chi connectivity index (χ0) is 13.5. The maximum Gasteiger partial charge on any atom is 0.303 e. The van der Waals surface area contributed by atoms with Gasteiger partial charge in [0.2, 0.25) is 0 Å². The highest BCUT2D eigenvalue weighted by Crippen LogP contribution is 2.47. The van der Waals surface area contributed by atoms with Gasteiger partial charge in [-0.2, -0.15) is 0 Å². The Bertz CT molecular complexity index is 296. The Labute approximate surface area is 99.3 Å². The van der Waals surface area contributed by atoms with Crippen molar-refractivity contribution in [2.45, 2.75) is 19.3 Å². The molecule has 98 valence electrons. The molecule has 0 saturated heterocycles. The minimum atomic E-state index is -2.86. The van der Waals surface area contributed by atoms with Gasteiger partial charge in [0, 0.05) is 24.9 Å². The van der Waals surface area contributed by atoms with Crippen molar-refractivity contribution >= 4 is 19.1 Å². The van der Waals surface area contributed by atoms with Crippen molar-refractivity contribution in [1.82, 2.24) is 0 Å². The average Bonchev–Trinajstić information content (AvgIpc) is 2.21. The molecule has 0 aliphatic rings. The molecule has 0 aromatic heterocycles. The van der Waals surface area contributed by atoms with Crippen LogP contribution in [0.2, 0.25) is 0 Å². The number of carbonyl (C=O) groups is 2. The van der Waals surface area contributed by atoms with Crippen LogP contribution in [0.3, 0.4) is 0 Å². The minimum Gasteiger partial charge on any atom is -0.513 e. The molecule has 0 heterocycles. The van der Waals surface area contributed by atoms with Crippen LogP contribution < -0.4 is 0 Å². The van der Waals surface area contributed by atoms with Gasteiger partial charge in [0.05, 0.1) is 25.7 Å². The van der Waals surface area contributed by atoms with Crippen LogP contribution in [0.5, 0.6) is 0 Å². The number of hydrogen-bond donors (Lipinski definition) is 3. The fourth-order valence-corrected chi connectivity index (χ4v) is 3.80. The van der Waals surface area contributed by atoms with Gasteiger partial charge in [-0.25, -0.2) is 0 Å². The molecule has 0 aromatic rings. The normalized spacial score (nSPS) is 11.1. The van der Waals surface area contributed by atoms with E-state index in [-0.39, 0.29) is 43.5 Å². The Hall–Kier alpha value is -1.29. The van der Waals surface area contributed by atoms with Gasteiger partial charge in [-0.15, -0.1) is 0 Å². The average molecular weight is 264 g/mol. The van der Waals surface area contributed by atoms with Crippen LogP contribution in [0.4, 0.5) is 0 Å². The fraction of sp³-hybridized carbons (Fsp3) is 0.600. The highest BCUT2D eigenvalue weighted by Gasteiger charge is 2.24. The number of aliphatic hydroxyl groups is 1. The summed E-state index contributed by atoms with van der Waals surface area (Å²) in [5, 5.41) is 26.0. The summed E-state index contributed by atoms with van der Waals surface area (Å²) in [6.07, 6.45) is -0.380. The zero-order valence-electron chi connectivity index (χ0n) is 9.46. The van der Waals surface area contributed by atoms with Crippen molar-refractivity contribution in [3.05, 3.63) is 12.3 Å². The van der Waals surface area contributed by atoms with Gasteiger partial charge in [-0.1, -0.05) is 6.58 Å². The summed E-state index contributed by atoms with van der Waals surface area (Å²) in [7, 11) is -2.86. The zero-order valence-corrected chi connectivity index (χ0v) is 10.4. The monoisotopic (exact) mass is 264 g/mol. The number of hydrogen-bond acceptors (Lipinski definition) is 4. The first-order valence-corrected chi connectivity index (χ1v) is 7.39. The molecule has 0 aliphatic carbocycles. The number of carboxylic acids is 2. The molecule has 0 fully saturated rings. The molecule has 0 radical (unpaired) electrons. The first kappa shape index (κ1) is 15.7. The van der Waals surface area contributed by atoms with Crippen molar-refractivity contribution in [1.29, 1.82) is 0 Å². The number of carboxylic acid groups (broad SMARTS) is 2. The number of rotatable bonds is 9. The maximum atomic E-state index is 12.2. The lowest BCUT2D eigenvalue weighted by atomic mass is 10.4. The molecular formula is C10H17O6P. The van der Waals surface area contributed by atoms with Crippen molar-refractivity contribution in [2.24, 2.45) is 0 Å². The van der Waals surface area contributed by atoms with Crippen molar-refractivity contribution in [3.63, 3.8) is 0 Å². The van der Waals surface area contributed by atoms with Crippen molar-refractivity contribution in [3.8, 4) is 0 Å². The molecule has 0 unspecified atom stereocenters. The molecule has 0 aromatic carbocycles. The summed E-state index contributed by atoms with van der Waals surface area (Å²) in [6.45, 7) is 3.25. The Morgan fingerprint density at radius 1 is 0.882 bits per heavy atom. The number of aliphatic hydroxyl groups excluding tert-OH is 1. The molecule has 7 heteroatoms. The van der Waals surface area contributed by atoms with Gasteiger partial charge < -0.3 is 19.9 Å². The summed E-state index contributed by atoms with van der Waals surface area (Å²) >= 11 is 0. The first-order valence-electron chi connectivity index (χ1n) is 5.12. The first-order chi connectivity index (χ1) is 7.75. The quantitative estimate of drug-likeness (QED) is 0.432. The van der Waals surface area contributed by atoms with Crippen molar-refractivity contribution in [2.75, 3.05) is 18.5 Å². The second kappa shape index (κ2) is 7.12. The minimum absolute atomic E-state index is 0.0388. The van der Waals surface area contributed by atoms with Crippen LogP contribution in [0.25, 0.3) is 0 Å². The van der Waals surface area contributed by atoms with Crippen LogP contribution in [0.1, 0.15) is 19.3 Å². The van der Waals surface area contributed by atoms with Crippen LogP contribution in [0, 0.1) is 0 Å². The molecule has 0 rings (SSSR count). The Morgan fingerprint density at radius 2 is 1.24 bits per heavy atom. The second-order valence-corrected chi connectivity index (χ2v) is 7.29. The van der Waals surface area contributed by atoms with E-state index in [1.807, 2.05) is 0 Å². The highest BCUT2D eigenvalue weighted by molar-refractivity contribution is 7.64. The molecule has 0 saturated carbocycles. The topological polar surface area (TPSA) is 112 Å². The smallest absolute Gasteiger partial charge is 0.303 e. The molecule has 0 amide bonds. The van der Waals surface area contributed by atoms with E-state index in [9.17, 15) is 14.2 Å². The Balaban J connectivity index is 4.44. The third-order valence-electron chi connectivity index (χ3n) is 2.27. The van der Waals surface area contributed by atoms with E-state index in [2.05, 4.69) is 6.58 Å². The molecule has 0 atom stereocenters. The van der Waals surface area contributed by atoms with E-state index in [1.54, 1.807) is 0 Å². The highest BCUT2D eigenvalue weighted by atomic mass is 31.2. The van der Waals surface area contributed by atoms with Crippen LogP contribution in [-0.4, -0.2) is 45.7 Å². The third-order valence-corrected chi connectivity index (χ3v) is 5.39. The summed E-state index contributed by atoms with van der Waals surface area (Å²) in [5.74, 6) is -2.26. The fourth-order valence-electron chi connectivity index (χ4n) is 1.27. The van der Waals surface area contributed by atoms with Gasteiger partial charge in [-0.3, -0.25) is 9.59 Å².